The number of carbonyl (C=O) groups is 2. The van der Waals surface area contributed by atoms with Gasteiger partial charge in [0.15, 0.2) is 0 Å². The number of para-hydroxylation sites is 1. The van der Waals surface area contributed by atoms with E-state index in [2.05, 4.69) is 15.8 Å². The van der Waals surface area contributed by atoms with E-state index in [4.69, 9.17) is 9.15 Å². The molecule has 2 heterocycles. The van der Waals surface area contributed by atoms with Crippen LogP contribution in [0.1, 0.15) is 26.5 Å². The number of aryl methyl sites for hydroxylation is 1. The average molecular weight is 401 g/mol. The second kappa shape index (κ2) is 8.08. The number of furan rings is 1. The molecule has 0 aliphatic rings. The fourth-order valence-electron chi connectivity index (χ4n) is 3.14. The van der Waals surface area contributed by atoms with Crippen LogP contribution in [-0.4, -0.2) is 23.9 Å². The molecule has 7 heteroatoms. The first-order valence-electron chi connectivity index (χ1n) is 9.26. The van der Waals surface area contributed by atoms with Crippen molar-refractivity contribution in [1.82, 2.24) is 15.8 Å². The minimum atomic E-state index is -0.455. The quantitative estimate of drug-likeness (QED) is 0.506. The third-order valence-corrected chi connectivity index (χ3v) is 4.74. The smallest absolute Gasteiger partial charge is 0.273 e. The van der Waals surface area contributed by atoms with Crippen LogP contribution in [0.2, 0.25) is 0 Å². The summed E-state index contributed by atoms with van der Waals surface area (Å²) in [6, 6.07) is 18.0. The van der Waals surface area contributed by atoms with Gasteiger partial charge in [0.2, 0.25) is 0 Å². The topological polar surface area (TPSA) is 93.5 Å². The zero-order valence-electron chi connectivity index (χ0n) is 16.4. The first-order valence-corrected chi connectivity index (χ1v) is 9.26. The van der Waals surface area contributed by atoms with Crippen molar-refractivity contribution in [2.75, 3.05) is 7.11 Å². The molecule has 4 aromatic rings. The summed E-state index contributed by atoms with van der Waals surface area (Å²) in [4.78, 5) is 29.8. The van der Waals surface area contributed by atoms with Crippen LogP contribution in [0, 0.1) is 6.92 Å². The van der Waals surface area contributed by atoms with Crippen LogP contribution in [-0.2, 0) is 0 Å². The lowest BCUT2D eigenvalue weighted by Gasteiger charge is -2.11. The molecule has 0 saturated carbocycles. The number of carbonyl (C=O) groups excluding carboxylic acids is 2. The summed E-state index contributed by atoms with van der Waals surface area (Å²) < 4.78 is 10.3. The summed E-state index contributed by atoms with van der Waals surface area (Å²) in [5.41, 5.74) is 7.81. The number of amides is 2. The maximum Gasteiger partial charge on any atom is 0.273 e. The van der Waals surface area contributed by atoms with Gasteiger partial charge in [-0.05, 0) is 49.4 Å². The van der Waals surface area contributed by atoms with Gasteiger partial charge >= 0.3 is 0 Å². The van der Waals surface area contributed by atoms with E-state index >= 15 is 0 Å². The summed E-state index contributed by atoms with van der Waals surface area (Å²) in [5.74, 6) is 0.300. The van der Waals surface area contributed by atoms with Gasteiger partial charge in [0.05, 0.1) is 35.7 Å². The van der Waals surface area contributed by atoms with Gasteiger partial charge < -0.3 is 9.15 Å². The molecule has 2 aromatic carbocycles. The first-order chi connectivity index (χ1) is 14.6. The number of hydrogen-bond donors (Lipinski definition) is 2. The minimum Gasteiger partial charge on any atom is -0.497 e. The Morgan fingerprint density at radius 3 is 2.30 bits per heavy atom. The predicted molar refractivity (Wildman–Crippen MR) is 112 cm³/mol. The van der Waals surface area contributed by atoms with E-state index < -0.39 is 11.8 Å². The molecule has 0 unspecified atom stereocenters. The Balaban J connectivity index is 1.65. The van der Waals surface area contributed by atoms with Gasteiger partial charge in [0, 0.05) is 10.9 Å². The van der Waals surface area contributed by atoms with Gasteiger partial charge in [-0.15, -0.1) is 0 Å². The summed E-state index contributed by atoms with van der Waals surface area (Å²) in [5, 5.41) is 0.681. The van der Waals surface area contributed by atoms with E-state index in [9.17, 15) is 9.59 Å². The van der Waals surface area contributed by atoms with Crippen molar-refractivity contribution in [3.05, 3.63) is 83.8 Å². The molecule has 30 heavy (non-hydrogen) atoms. The monoisotopic (exact) mass is 401 g/mol. The highest BCUT2D eigenvalue weighted by molar-refractivity contribution is 6.08. The summed E-state index contributed by atoms with van der Waals surface area (Å²) in [7, 11) is 1.60. The third-order valence-electron chi connectivity index (χ3n) is 4.74. The molecule has 0 bridgehead atoms. The van der Waals surface area contributed by atoms with Gasteiger partial charge in [-0.25, -0.2) is 4.98 Å². The highest BCUT2D eigenvalue weighted by atomic mass is 16.5. The Morgan fingerprint density at radius 2 is 1.63 bits per heavy atom. The number of nitrogens with zero attached hydrogens (tertiary/aromatic N) is 1. The fraction of sp³-hybridized carbons (Fsp3) is 0.0870. The molecule has 150 valence electrons. The number of fused-ring (bicyclic) bond motifs is 1. The van der Waals surface area contributed by atoms with Gasteiger partial charge in [0.1, 0.15) is 11.5 Å². The highest BCUT2D eigenvalue weighted by Gasteiger charge is 2.16. The predicted octanol–water partition coefficient (Wildman–Crippen LogP) is 3.89. The maximum absolute atomic E-state index is 12.9. The van der Waals surface area contributed by atoms with E-state index in [0.29, 0.717) is 33.5 Å². The van der Waals surface area contributed by atoms with Crippen molar-refractivity contribution in [3.8, 4) is 17.0 Å². The first kappa shape index (κ1) is 19.2. The second-order valence-corrected chi connectivity index (χ2v) is 6.60. The molecule has 2 N–H and O–H groups in total. The van der Waals surface area contributed by atoms with E-state index in [-0.39, 0.29) is 0 Å². The largest absolute Gasteiger partial charge is 0.497 e. The molecule has 0 aliphatic carbocycles. The molecule has 2 amide bonds. The van der Waals surface area contributed by atoms with Gasteiger partial charge in [-0.2, -0.15) is 0 Å². The molecule has 0 aliphatic heterocycles. The fourth-order valence-corrected chi connectivity index (χ4v) is 3.14. The van der Waals surface area contributed by atoms with E-state index in [1.165, 1.54) is 6.26 Å². The molecule has 0 atom stereocenters. The average Bonchev–Trinajstić information content (AvgIpc) is 3.22. The maximum atomic E-state index is 12.9. The van der Waals surface area contributed by atoms with E-state index in [0.717, 1.165) is 11.3 Å². The van der Waals surface area contributed by atoms with Gasteiger partial charge in [-0.3, -0.25) is 20.4 Å². The lowest BCUT2D eigenvalue weighted by atomic mass is 10.0. The number of ether oxygens (including phenoxy) is 1. The summed E-state index contributed by atoms with van der Waals surface area (Å²) in [6.07, 6.45) is 1.42. The van der Waals surface area contributed by atoms with Crippen molar-refractivity contribution in [3.63, 3.8) is 0 Å². The molecule has 7 nitrogen and oxygen atoms in total. The van der Waals surface area contributed by atoms with Crippen molar-refractivity contribution in [2.45, 2.75) is 6.92 Å². The lowest BCUT2D eigenvalue weighted by molar-refractivity contribution is 0.0846. The van der Waals surface area contributed by atoms with Crippen molar-refractivity contribution in [2.24, 2.45) is 0 Å². The standard InChI is InChI=1S/C23H19N3O4/c1-14-17(11-12-30-14)22(27)25-26-23(28)19-13-21(15-7-9-16(29-2)10-8-15)24-20-6-4-3-5-18(19)20/h3-13H,1-2H3,(H,25,27)(H,26,28). The Kier molecular flexibility index (Phi) is 5.17. The van der Waals surface area contributed by atoms with Crippen LogP contribution in [0.5, 0.6) is 5.75 Å². The zero-order valence-corrected chi connectivity index (χ0v) is 16.4. The lowest BCUT2D eigenvalue weighted by Crippen LogP contribution is -2.41. The number of aromatic nitrogens is 1. The van der Waals surface area contributed by atoms with Crippen LogP contribution >= 0.6 is 0 Å². The molecule has 0 saturated heterocycles. The Morgan fingerprint density at radius 1 is 0.933 bits per heavy atom. The van der Waals surface area contributed by atoms with Gasteiger partial charge in [-0.1, -0.05) is 18.2 Å². The molecule has 0 fully saturated rings. The zero-order chi connectivity index (χ0) is 21.1. The molecule has 0 spiro atoms. The van der Waals surface area contributed by atoms with Crippen LogP contribution in [0.4, 0.5) is 0 Å². The van der Waals surface area contributed by atoms with E-state index in [1.807, 2.05) is 48.5 Å². The molecular formula is C23H19N3O4. The number of hydrogen-bond acceptors (Lipinski definition) is 5. The Bertz CT molecular complexity index is 1230. The van der Waals surface area contributed by atoms with Crippen LogP contribution in [0.15, 0.2) is 71.3 Å². The van der Waals surface area contributed by atoms with Crippen LogP contribution < -0.4 is 15.6 Å². The number of nitrogens with one attached hydrogen (secondary N) is 2. The molecule has 2 aromatic heterocycles. The number of hydrazine groups is 1. The van der Waals surface area contributed by atoms with Crippen LogP contribution in [0.25, 0.3) is 22.2 Å². The number of rotatable bonds is 4. The Hall–Kier alpha value is -4.13. The number of methoxy groups -OCH3 is 1. The third kappa shape index (κ3) is 3.73. The SMILES string of the molecule is COc1ccc(-c2cc(C(=O)NNC(=O)c3ccoc3C)c3ccccc3n2)cc1. The van der Waals surface area contributed by atoms with Crippen molar-refractivity contribution < 1.29 is 18.7 Å². The van der Waals surface area contributed by atoms with Crippen molar-refractivity contribution >= 4 is 22.7 Å². The molecular weight excluding hydrogens is 382 g/mol. The summed E-state index contributed by atoms with van der Waals surface area (Å²) >= 11 is 0. The number of benzene rings is 2. The normalized spacial score (nSPS) is 10.6. The van der Waals surface area contributed by atoms with E-state index in [1.54, 1.807) is 26.2 Å². The van der Waals surface area contributed by atoms with Gasteiger partial charge in [0.25, 0.3) is 11.8 Å². The Labute approximate surface area is 172 Å². The number of pyridine rings is 1. The second-order valence-electron chi connectivity index (χ2n) is 6.60. The summed E-state index contributed by atoms with van der Waals surface area (Å²) in [6.45, 7) is 1.67. The highest BCUT2D eigenvalue weighted by Crippen LogP contribution is 2.26. The molecule has 0 radical (unpaired) electrons. The van der Waals surface area contributed by atoms with Crippen molar-refractivity contribution in [1.29, 1.82) is 0 Å². The minimum absolute atomic E-state index is 0.355. The van der Waals surface area contributed by atoms with Crippen LogP contribution in [0.3, 0.4) is 0 Å². The molecule has 4 rings (SSSR count).